The molecule has 4 heteroatoms. The molecule has 1 aliphatic heterocycles. The van der Waals surface area contributed by atoms with Gasteiger partial charge in [0.15, 0.2) is 0 Å². The molecule has 18 heavy (non-hydrogen) atoms. The van der Waals surface area contributed by atoms with Crippen molar-refractivity contribution in [3.8, 4) is 0 Å². The lowest BCUT2D eigenvalue weighted by atomic mass is 10.0. The number of nitrogens with zero attached hydrogens (tertiary/aromatic N) is 3. The molecule has 0 amide bonds. The Morgan fingerprint density at radius 3 is 2.89 bits per heavy atom. The lowest BCUT2D eigenvalue weighted by molar-refractivity contribution is 0.117. The summed E-state index contributed by atoms with van der Waals surface area (Å²) in [5.74, 6) is 0. The second kappa shape index (κ2) is 5.85. The molecule has 102 valence electrons. The maximum Gasteiger partial charge on any atom is 0.0597 e. The van der Waals surface area contributed by atoms with Gasteiger partial charge in [0.2, 0.25) is 0 Å². The van der Waals surface area contributed by atoms with Crippen LogP contribution in [0.15, 0.2) is 6.07 Å². The molecular formula is C14H26N4. The third kappa shape index (κ3) is 3.12. The Morgan fingerprint density at radius 2 is 2.28 bits per heavy atom. The van der Waals surface area contributed by atoms with E-state index in [1.165, 1.54) is 18.5 Å². The zero-order chi connectivity index (χ0) is 13.1. The van der Waals surface area contributed by atoms with Crippen LogP contribution in [0.3, 0.4) is 0 Å². The summed E-state index contributed by atoms with van der Waals surface area (Å²) < 4.78 is 2.02. The zero-order valence-corrected chi connectivity index (χ0v) is 12.1. The average molecular weight is 250 g/mol. The molecule has 0 spiro atoms. The summed E-state index contributed by atoms with van der Waals surface area (Å²) in [5, 5.41) is 8.03. The number of nitrogens with one attached hydrogen (secondary N) is 1. The summed E-state index contributed by atoms with van der Waals surface area (Å²) in [4.78, 5) is 2.61. The van der Waals surface area contributed by atoms with Gasteiger partial charge < -0.3 is 5.32 Å². The highest BCUT2D eigenvalue weighted by Crippen LogP contribution is 2.16. The first-order valence-corrected chi connectivity index (χ1v) is 7.07. The van der Waals surface area contributed by atoms with E-state index < -0.39 is 0 Å². The number of rotatable bonds is 4. The van der Waals surface area contributed by atoms with Crippen LogP contribution < -0.4 is 5.32 Å². The van der Waals surface area contributed by atoms with Crippen molar-refractivity contribution in [2.45, 2.75) is 52.2 Å². The molecule has 1 N–H and O–H groups in total. The maximum atomic E-state index is 4.44. The van der Waals surface area contributed by atoms with Crippen molar-refractivity contribution in [1.29, 1.82) is 0 Å². The smallest absolute Gasteiger partial charge is 0.0597 e. The molecule has 1 fully saturated rings. The molecule has 4 nitrogen and oxygen atoms in total. The Balaban J connectivity index is 2.06. The predicted molar refractivity (Wildman–Crippen MR) is 74.5 cm³/mol. The van der Waals surface area contributed by atoms with E-state index in [-0.39, 0.29) is 0 Å². The number of hydrogen-bond acceptors (Lipinski definition) is 3. The van der Waals surface area contributed by atoms with E-state index in [0.29, 0.717) is 12.1 Å². The topological polar surface area (TPSA) is 33.1 Å². The minimum atomic E-state index is 0.590. The van der Waals surface area contributed by atoms with Crippen molar-refractivity contribution >= 4 is 0 Å². The van der Waals surface area contributed by atoms with Crippen LogP contribution in [-0.4, -0.2) is 39.9 Å². The van der Waals surface area contributed by atoms with E-state index in [1.54, 1.807) is 0 Å². The number of hydrogen-bond donors (Lipinski definition) is 1. The van der Waals surface area contributed by atoms with Crippen molar-refractivity contribution in [2.75, 3.05) is 13.1 Å². The molecule has 2 atom stereocenters. The van der Waals surface area contributed by atoms with Gasteiger partial charge in [0, 0.05) is 38.8 Å². The monoisotopic (exact) mass is 250 g/mol. The van der Waals surface area contributed by atoms with Crippen molar-refractivity contribution in [2.24, 2.45) is 7.05 Å². The van der Waals surface area contributed by atoms with Crippen molar-refractivity contribution in [3.63, 3.8) is 0 Å². The molecule has 2 unspecified atom stereocenters. The third-order valence-corrected chi connectivity index (χ3v) is 3.81. The van der Waals surface area contributed by atoms with E-state index in [1.807, 2.05) is 11.7 Å². The van der Waals surface area contributed by atoms with Crippen LogP contribution in [0.25, 0.3) is 0 Å². The van der Waals surface area contributed by atoms with Crippen molar-refractivity contribution < 1.29 is 0 Å². The van der Waals surface area contributed by atoms with E-state index in [0.717, 1.165) is 25.3 Å². The summed E-state index contributed by atoms with van der Waals surface area (Å²) >= 11 is 0. The second-order valence-corrected chi connectivity index (χ2v) is 5.58. The van der Waals surface area contributed by atoms with Crippen LogP contribution in [0.4, 0.5) is 0 Å². The van der Waals surface area contributed by atoms with E-state index in [4.69, 9.17) is 0 Å². The Kier molecular flexibility index (Phi) is 4.40. The van der Waals surface area contributed by atoms with Gasteiger partial charge >= 0.3 is 0 Å². The first kappa shape index (κ1) is 13.6. The molecule has 0 saturated carbocycles. The first-order chi connectivity index (χ1) is 8.60. The molecule has 0 radical (unpaired) electrons. The van der Waals surface area contributed by atoms with Gasteiger partial charge in [-0.1, -0.05) is 13.3 Å². The molecule has 0 bridgehead atoms. The van der Waals surface area contributed by atoms with Gasteiger partial charge in [-0.2, -0.15) is 5.10 Å². The molecule has 1 aromatic rings. The van der Waals surface area contributed by atoms with E-state index in [9.17, 15) is 0 Å². The van der Waals surface area contributed by atoms with Gasteiger partial charge in [0.1, 0.15) is 0 Å². The fourth-order valence-corrected chi connectivity index (χ4v) is 2.86. The summed E-state index contributed by atoms with van der Waals surface area (Å²) in [6.07, 6.45) is 2.53. The van der Waals surface area contributed by atoms with Crippen LogP contribution in [0.5, 0.6) is 0 Å². The molecule has 2 rings (SSSR count). The Morgan fingerprint density at radius 1 is 1.50 bits per heavy atom. The summed E-state index contributed by atoms with van der Waals surface area (Å²) in [5.41, 5.74) is 2.44. The van der Waals surface area contributed by atoms with Crippen LogP contribution in [0.2, 0.25) is 0 Å². The van der Waals surface area contributed by atoms with Gasteiger partial charge in [0.05, 0.1) is 11.4 Å². The van der Waals surface area contributed by atoms with E-state index in [2.05, 4.69) is 42.2 Å². The highest BCUT2D eigenvalue weighted by atomic mass is 15.3. The van der Waals surface area contributed by atoms with Gasteiger partial charge in [0.25, 0.3) is 0 Å². The normalized spacial score (nSPS) is 25.6. The van der Waals surface area contributed by atoms with Crippen LogP contribution in [-0.2, 0) is 13.6 Å². The highest BCUT2D eigenvalue weighted by Gasteiger charge is 2.25. The highest BCUT2D eigenvalue weighted by molar-refractivity contribution is 5.09. The summed E-state index contributed by atoms with van der Waals surface area (Å²) in [6, 6.07) is 3.46. The quantitative estimate of drug-likeness (QED) is 0.883. The molecule has 2 heterocycles. The number of aromatic nitrogens is 2. The van der Waals surface area contributed by atoms with Crippen molar-refractivity contribution in [3.05, 3.63) is 17.5 Å². The lowest BCUT2D eigenvalue weighted by Crippen LogP contribution is -2.55. The van der Waals surface area contributed by atoms with E-state index >= 15 is 0 Å². The largest absolute Gasteiger partial charge is 0.311 e. The Hall–Kier alpha value is -0.870. The van der Waals surface area contributed by atoms with Gasteiger partial charge in [-0.25, -0.2) is 0 Å². The first-order valence-electron chi connectivity index (χ1n) is 7.07. The minimum absolute atomic E-state index is 0.590. The predicted octanol–water partition coefficient (Wildman–Crippen LogP) is 1.69. The fourth-order valence-electron chi connectivity index (χ4n) is 2.86. The van der Waals surface area contributed by atoms with Gasteiger partial charge in [-0.3, -0.25) is 9.58 Å². The maximum absolute atomic E-state index is 4.44. The standard InChI is InChI=1S/C14H26N4/c1-5-6-13-8-15-12(3)9-18(13)10-14-7-11(2)16-17(14)4/h7,12-13,15H,5-6,8-10H2,1-4H3. The molecule has 0 aromatic carbocycles. The second-order valence-electron chi connectivity index (χ2n) is 5.58. The molecule has 0 aliphatic carbocycles. The SMILES string of the molecule is CCCC1CNC(C)CN1Cc1cc(C)nn1C. The van der Waals surface area contributed by atoms with Gasteiger partial charge in [-0.05, 0) is 26.3 Å². The third-order valence-electron chi connectivity index (χ3n) is 3.81. The molecular weight excluding hydrogens is 224 g/mol. The summed E-state index contributed by atoms with van der Waals surface area (Å²) in [6.45, 7) is 9.87. The van der Waals surface area contributed by atoms with Crippen LogP contribution in [0.1, 0.15) is 38.1 Å². The van der Waals surface area contributed by atoms with Crippen LogP contribution >= 0.6 is 0 Å². The Bertz CT molecular complexity index is 385. The van der Waals surface area contributed by atoms with Crippen LogP contribution in [0, 0.1) is 6.92 Å². The average Bonchev–Trinajstić information content (AvgIpc) is 2.61. The summed E-state index contributed by atoms with van der Waals surface area (Å²) in [7, 11) is 2.04. The fraction of sp³-hybridized carbons (Fsp3) is 0.786. The molecule has 1 saturated heterocycles. The number of aryl methyl sites for hydroxylation is 2. The number of piperazine rings is 1. The Labute approximate surface area is 110 Å². The van der Waals surface area contributed by atoms with Crippen molar-refractivity contribution in [1.82, 2.24) is 20.0 Å². The van der Waals surface area contributed by atoms with Gasteiger partial charge in [-0.15, -0.1) is 0 Å². The molecule has 1 aromatic heterocycles. The minimum Gasteiger partial charge on any atom is -0.311 e. The lowest BCUT2D eigenvalue weighted by Gasteiger charge is -2.39. The molecule has 1 aliphatic rings. The zero-order valence-electron chi connectivity index (χ0n) is 12.1.